The molecule has 3 aromatic carbocycles. The second-order valence-electron chi connectivity index (χ2n) is 5.52. The Hall–Kier alpha value is -2.55. The number of amides is 1. The molecule has 3 nitrogen and oxygen atoms in total. The molecule has 0 spiro atoms. The van der Waals surface area contributed by atoms with Gasteiger partial charge in [-0.15, -0.1) is 0 Å². The number of rotatable bonds is 5. The Morgan fingerprint density at radius 2 is 1.73 bits per heavy atom. The zero-order chi connectivity index (χ0) is 18.4. The van der Waals surface area contributed by atoms with E-state index in [9.17, 15) is 10.1 Å². The normalized spacial score (nSPS) is 10.2. The fourth-order valence-corrected chi connectivity index (χ4v) is 3.91. The fraction of sp³-hybridized carbons (Fsp3) is 0.0476. The molecule has 0 fully saturated rings. The quantitative estimate of drug-likeness (QED) is 0.598. The van der Waals surface area contributed by atoms with E-state index in [-0.39, 0.29) is 5.91 Å². The lowest BCUT2D eigenvalue weighted by atomic mass is 10.2. The van der Waals surface area contributed by atoms with Gasteiger partial charge in [0.2, 0.25) is 0 Å². The van der Waals surface area contributed by atoms with Crippen LogP contribution in [0.1, 0.15) is 21.5 Å². The highest BCUT2D eigenvalue weighted by atomic mass is 79.9. The lowest BCUT2D eigenvalue weighted by Gasteiger charge is -2.11. The zero-order valence-electron chi connectivity index (χ0n) is 13.8. The summed E-state index contributed by atoms with van der Waals surface area (Å²) in [7, 11) is 0. The molecule has 0 aromatic heterocycles. The molecule has 0 aliphatic heterocycles. The topological polar surface area (TPSA) is 52.9 Å². The number of hydrogen-bond donors (Lipinski definition) is 1. The van der Waals surface area contributed by atoms with Crippen LogP contribution in [0.4, 0.5) is 0 Å². The number of hydrogen-bond acceptors (Lipinski definition) is 3. The molecule has 1 amide bonds. The minimum atomic E-state index is -0.137. The summed E-state index contributed by atoms with van der Waals surface area (Å²) in [6, 6.07) is 24.8. The van der Waals surface area contributed by atoms with Crippen LogP contribution in [-0.2, 0) is 6.54 Å². The predicted molar refractivity (Wildman–Crippen MR) is 107 cm³/mol. The predicted octanol–water partition coefficient (Wildman–Crippen LogP) is 5.40. The maximum atomic E-state index is 12.7. The highest BCUT2D eigenvalue weighted by molar-refractivity contribution is 9.10. The van der Waals surface area contributed by atoms with Gasteiger partial charge < -0.3 is 5.32 Å². The summed E-state index contributed by atoms with van der Waals surface area (Å²) in [5.41, 5.74) is 2.22. The number of nitrogens with one attached hydrogen (secondary N) is 1. The van der Waals surface area contributed by atoms with Gasteiger partial charge in [0.05, 0.1) is 11.1 Å². The lowest BCUT2D eigenvalue weighted by Crippen LogP contribution is -2.23. The summed E-state index contributed by atoms with van der Waals surface area (Å²) in [6.45, 7) is 0.450. The molecule has 0 unspecified atom stereocenters. The number of halogens is 1. The highest BCUT2D eigenvalue weighted by Crippen LogP contribution is 2.32. The Bertz CT molecular complexity index is 981. The van der Waals surface area contributed by atoms with Gasteiger partial charge in [0.1, 0.15) is 6.07 Å². The first-order valence-electron chi connectivity index (χ1n) is 7.96. The van der Waals surface area contributed by atoms with Gasteiger partial charge in [0, 0.05) is 20.8 Å². The van der Waals surface area contributed by atoms with Gasteiger partial charge in [0.15, 0.2) is 0 Å². The Balaban J connectivity index is 1.78. The van der Waals surface area contributed by atoms with Crippen LogP contribution in [-0.4, -0.2) is 5.91 Å². The van der Waals surface area contributed by atoms with Crippen molar-refractivity contribution < 1.29 is 4.79 Å². The van der Waals surface area contributed by atoms with Crippen molar-refractivity contribution >= 4 is 33.6 Å². The number of carbonyl (C=O) groups is 1. The molecule has 0 atom stereocenters. The molecule has 0 saturated heterocycles. The Labute approximate surface area is 165 Å². The molecule has 0 aliphatic rings. The lowest BCUT2D eigenvalue weighted by molar-refractivity contribution is 0.0948. The van der Waals surface area contributed by atoms with Crippen molar-refractivity contribution in [3.05, 3.63) is 94.0 Å². The minimum Gasteiger partial charge on any atom is -0.348 e. The standard InChI is InChI=1S/C21H15BrN2OS/c22-17-8-5-6-15(12-17)14-24-21(25)18-9-2-4-11-20(18)26-19-10-3-1-7-16(19)13-23/h1-12H,14H2,(H,24,25). The summed E-state index contributed by atoms with van der Waals surface area (Å²) >= 11 is 4.86. The van der Waals surface area contributed by atoms with Gasteiger partial charge in [-0.1, -0.05) is 64.1 Å². The van der Waals surface area contributed by atoms with Crippen LogP contribution in [0, 0.1) is 11.3 Å². The minimum absolute atomic E-state index is 0.137. The van der Waals surface area contributed by atoms with Crippen molar-refractivity contribution in [3.8, 4) is 6.07 Å². The molecular formula is C21H15BrN2OS. The third-order valence-electron chi connectivity index (χ3n) is 3.70. The van der Waals surface area contributed by atoms with E-state index >= 15 is 0 Å². The molecule has 0 heterocycles. The molecule has 3 rings (SSSR count). The second-order valence-corrected chi connectivity index (χ2v) is 7.52. The van der Waals surface area contributed by atoms with E-state index in [1.54, 1.807) is 12.1 Å². The van der Waals surface area contributed by atoms with E-state index in [1.807, 2.05) is 60.7 Å². The number of benzene rings is 3. The number of nitrogens with zero attached hydrogens (tertiary/aromatic N) is 1. The third kappa shape index (κ3) is 4.54. The van der Waals surface area contributed by atoms with Crippen LogP contribution in [0.2, 0.25) is 0 Å². The van der Waals surface area contributed by atoms with Crippen LogP contribution in [0.25, 0.3) is 0 Å². The molecule has 5 heteroatoms. The third-order valence-corrected chi connectivity index (χ3v) is 5.35. The van der Waals surface area contributed by atoms with Crippen LogP contribution >= 0.6 is 27.7 Å². The number of nitriles is 1. The average Bonchev–Trinajstić information content (AvgIpc) is 2.67. The molecular weight excluding hydrogens is 408 g/mol. The van der Waals surface area contributed by atoms with E-state index in [4.69, 9.17) is 0 Å². The molecule has 0 radical (unpaired) electrons. The van der Waals surface area contributed by atoms with E-state index in [0.29, 0.717) is 17.7 Å². The maximum Gasteiger partial charge on any atom is 0.252 e. The fourth-order valence-electron chi connectivity index (χ4n) is 2.43. The Morgan fingerprint density at radius 1 is 1.00 bits per heavy atom. The second kappa shape index (κ2) is 8.70. The first-order valence-corrected chi connectivity index (χ1v) is 9.57. The van der Waals surface area contributed by atoms with Gasteiger partial charge in [0.25, 0.3) is 5.91 Å². The first kappa shape index (κ1) is 18.2. The van der Waals surface area contributed by atoms with E-state index in [0.717, 1.165) is 19.8 Å². The van der Waals surface area contributed by atoms with Crippen LogP contribution < -0.4 is 5.32 Å². The maximum absolute atomic E-state index is 12.7. The first-order chi connectivity index (χ1) is 12.7. The summed E-state index contributed by atoms with van der Waals surface area (Å²) < 4.78 is 0.980. The van der Waals surface area contributed by atoms with Gasteiger partial charge >= 0.3 is 0 Å². The molecule has 128 valence electrons. The molecule has 26 heavy (non-hydrogen) atoms. The van der Waals surface area contributed by atoms with Crippen molar-refractivity contribution in [3.63, 3.8) is 0 Å². The molecule has 0 aliphatic carbocycles. The monoisotopic (exact) mass is 422 g/mol. The highest BCUT2D eigenvalue weighted by Gasteiger charge is 2.13. The largest absolute Gasteiger partial charge is 0.348 e. The van der Waals surface area contributed by atoms with E-state index in [2.05, 4.69) is 27.3 Å². The van der Waals surface area contributed by atoms with Gasteiger partial charge in [-0.25, -0.2) is 0 Å². The van der Waals surface area contributed by atoms with Crippen LogP contribution in [0.3, 0.4) is 0 Å². The van der Waals surface area contributed by atoms with Crippen molar-refractivity contribution in [1.82, 2.24) is 5.32 Å². The van der Waals surface area contributed by atoms with Gasteiger partial charge in [-0.05, 0) is 42.0 Å². The summed E-state index contributed by atoms with van der Waals surface area (Å²) in [5.74, 6) is -0.137. The van der Waals surface area contributed by atoms with Crippen LogP contribution in [0.15, 0.2) is 87.1 Å². The molecule has 3 aromatic rings. The van der Waals surface area contributed by atoms with E-state index < -0.39 is 0 Å². The van der Waals surface area contributed by atoms with E-state index in [1.165, 1.54) is 11.8 Å². The van der Waals surface area contributed by atoms with Crippen molar-refractivity contribution in [2.24, 2.45) is 0 Å². The summed E-state index contributed by atoms with van der Waals surface area (Å²) in [4.78, 5) is 14.3. The molecule has 0 bridgehead atoms. The summed E-state index contributed by atoms with van der Waals surface area (Å²) in [6.07, 6.45) is 0. The Morgan fingerprint density at radius 3 is 2.50 bits per heavy atom. The van der Waals surface area contributed by atoms with Crippen molar-refractivity contribution in [2.45, 2.75) is 16.3 Å². The summed E-state index contributed by atoms with van der Waals surface area (Å²) in [5, 5.41) is 12.2. The molecule has 1 N–H and O–H groups in total. The van der Waals surface area contributed by atoms with Crippen molar-refractivity contribution in [1.29, 1.82) is 5.26 Å². The smallest absolute Gasteiger partial charge is 0.252 e. The van der Waals surface area contributed by atoms with Gasteiger partial charge in [-0.2, -0.15) is 5.26 Å². The van der Waals surface area contributed by atoms with Crippen LogP contribution in [0.5, 0.6) is 0 Å². The average molecular weight is 423 g/mol. The number of carbonyl (C=O) groups excluding carboxylic acids is 1. The van der Waals surface area contributed by atoms with Crippen molar-refractivity contribution in [2.75, 3.05) is 0 Å². The Kier molecular flexibility index (Phi) is 6.11. The zero-order valence-corrected chi connectivity index (χ0v) is 16.2. The molecule has 0 saturated carbocycles. The SMILES string of the molecule is N#Cc1ccccc1Sc1ccccc1C(=O)NCc1cccc(Br)c1. The van der Waals surface area contributed by atoms with Gasteiger partial charge in [-0.3, -0.25) is 4.79 Å².